The molecule has 1 aromatic heterocycles. The summed E-state index contributed by atoms with van der Waals surface area (Å²) in [6, 6.07) is 4.00. The summed E-state index contributed by atoms with van der Waals surface area (Å²) < 4.78 is 13.6. The lowest BCUT2D eigenvalue weighted by molar-refractivity contribution is 0.628. The Morgan fingerprint density at radius 1 is 1.28 bits per heavy atom. The second kappa shape index (κ2) is 5.47. The van der Waals surface area contributed by atoms with Crippen LogP contribution in [0.4, 0.5) is 21.7 Å². The largest absolute Gasteiger partial charge is 0.338 e. The van der Waals surface area contributed by atoms with Crippen molar-refractivity contribution in [2.75, 3.05) is 10.7 Å². The van der Waals surface area contributed by atoms with E-state index >= 15 is 0 Å². The maximum Gasteiger partial charge on any atom is 0.159 e. The molecule has 0 spiro atoms. The fourth-order valence-electron chi connectivity index (χ4n) is 1.28. The van der Waals surface area contributed by atoms with Crippen LogP contribution < -0.4 is 16.6 Å². The van der Waals surface area contributed by atoms with Crippen LogP contribution >= 0.6 is 27.5 Å². The summed E-state index contributed by atoms with van der Waals surface area (Å²) in [4.78, 5) is 7.91. The molecule has 8 heteroatoms. The van der Waals surface area contributed by atoms with Crippen molar-refractivity contribution < 1.29 is 4.39 Å². The highest BCUT2D eigenvalue weighted by Crippen LogP contribution is 2.31. The van der Waals surface area contributed by atoms with Crippen molar-refractivity contribution in [3.63, 3.8) is 0 Å². The molecule has 1 heterocycles. The van der Waals surface area contributed by atoms with Gasteiger partial charge in [-0.15, -0.1) is 0 Å². The summed E-state index contributed by atoms with van der Waals surface area (Å²) in [6.45, 7) is 0. The third-order valence-electron chi connectivity index (χ3n) is 2.11. The van der Waals surface area contributed by atoms with Gasteiger partial charge >= 0.3 is 0 Å². The lowest BCUT2D eigenvalue weighted by atomic mass is 10.3. The minimum Gasteiger partial charge on any atom is -0.338 e. The number of rotatable bonds is 3. The van der Waals surface area contributed by atoms with Crippen molar-refractivity contribution in [3.05, 3.63) is 39.8 Å². The Morgan fingerprint density at radius 2 is 2.00 bits per heavy atom. The van der Waals surface area contributed by atoms with Crippen LogP contribution in [-0.4, -0.2) is 9.97 Å². The van der Waals surface area contributed by atoms with Crippen molar-refractivity contribution in [1.29, 1.82) is 0 Å². The Hall–Kier alpha value is -1.44. The molecule has 0 aliphatic heterocycles. The number of halogens is 3. The van der Waals surface area contributed by atoms with E-state index in [0.717, 1.165) is 0 Å². The van der Waals surface area contributed by atoms with Crippen LogP contribution in [0.15, 0.2) is 29.0 Å². The van der Waals surface area contributed by atoms with Crippen LogP contribution in [0.1, 0.15) is 0 Å². The predicted octanol–water partition coefficient (Wildman–Crippen LogP) is 3.06. The fourth-order valence-corrected chi connectivity index (χ4v) is 1.86. The van der Waals surface area contributed by atoms with Gasteiger partial charge in [0.05, 0.1) is 10.7 Å². The molecular weight excluding hydrogens is 324 g/mol. The first-order valence-electron chi connectivity index (χ1n) is 4.81. The molecule has 94 valence electrons. The topological polar surface area (TPSA) is 75.9 Å². The predicted molar refractivity (Wildman–Crippen MR) is 72.2 cm³/mol. The number of nitrogen functional groups attached to an aromatic ring is 1. The van der Waals surface area contributed by atoms with Gasteiger partial charge in [-0.2, -0.15) is 0 Å². The maximum absolute atomic E-state index is 13.1. The van der Waals surface area contributed by atoms with Gasteiger partial charge in [0.2, 0.25) is 0 Å². The first-order valence-corrected chi connectivity index (χ1v) is 5.98. The van der Waals surface area contributed by atoms with Crippen LogP contribution in [-0.2, 0) is 0 Å². The van der Waals surface area contributed by atoms with Gasteiger partial charge < -0.3 is 10.7 Å². The molecular formula is C10H8BrClFN5. The molecule has 0 aliphatic rings. The van der Waals surface area contributed by atoms with Gasteiger partial charge in [-0.25, -0.2) is 20.2 Å². The zero-order valence-corrected chi connectivity index (χ0v) is 11.3. The maximum atomic E-state index is 13.1. The standard InChI is InChI=1S/C10H8BrClFN5/c11-8-9(15-4-16-10(8)18-14)17-7-3-5(13)1-2-6(7)12/h1-4H,14H2,(H2,15,16,17,18). The monoisotopic (exact) mass is 331 g/mol. The molecule has 2 rings (SSSR count). The molecule has 0 fully saturated rings. The van der Waals surface area contributed by atoms with Gasteiger partial charge in [-0.3, -0.25) is 0 Å². The Kier molecular flexibility index (Phi) is 3.95. The van der Waals surface area contributed by atoms with E-state index < -0.39 is 5.82 Å². The third kappa shape index (κ3) is 2.69. The number of anilines is 3. The van der Waals surface area contributed by atoms with E-state index in [1.165, 1.54) is 24.5 Å². The number of hydrazine groups is 1. The molecule has 0 bridgehead atoms. The molecule has 0 atom stereocenters. The Balaban J connectivity index is 2.37. The minimum absolute atomic E-state index is 0.379. The number of benzene rings is 1. The van der Waals surface area contributed by atoms with Crippen LogP contribution in [0.3, 0.4) is 0 Å². The lowest BCUT2D eigenvalue weighted by Gasteiger charge is -2.10. The van der Waals surface area contributed by atoms with Gasteiger partial charge in [-0.1, -0.05) is 11.6 Å². The summed E-state index contributed by atoms with van der Waals surface area (Å²) in [5, 5.41) is 3.27. The third-order valence-corrected chi connectivity index (χ3v) is 3.19. The number of aromatic nitrogens is 2. The number of nitrogens with two attached hydrogens (primary N) is 1. The molecule has 0 amide bonds. The number of hydrogen-bond acceptors (Lipinski definition) is 5. The van der Waals surface area contributed by atoms with Crippen LogP contribution in [0, 0.1) is 5.82 Å². The average Bonchev–Trinajstić information content (AvgIpc) is 2.36. The molecule has 0 aliphatic carbocycles. The second-order valence-electron chi connectivity index (χ2n) is 3.28. The molecule has 0 saturated carbocycles. The van der Waals surface area contributed by atoms with Crippen LogP contribution in [0.5, 0.6) is 0 Å². The summed E-state index contributed by atoms with van der Waals surface area (Å²) in [6.07, 6.45) is 1.31. The summed E-state index contributed by atoms with van der Waals surface area (Å²) in [5.74, 6) is 5.71. The van der Waals surface area contributed by atoms with Crippen molar-refractivity contribution in [3.8, 4) is 0 Å². The van der Waals surface area contributed by atoms with Crippen LogP contribution in [0.2, 0.25) is 5.02 Å². The summed E-state index contributed by atoms with van der Waals surface area (Å²) >= 11 is 9.22. The highest BCUT2D eigenvalue weighted by molar-refractivity contribution is 9.10. The van der Waals surface area contributed by atoms with E-state index in [1.54, 1.807) is 0 Å². The van der Waals surface area contributed by atoms with Gasteiger partial charge in [0.1, 0.15) is 22.4 Å². The molecule has 0 unspecified atom stereocenters. The van der Waals surface area contributed by atoms with E-state index in [2.05, 4.69) is 36.6 Å². The molecule has 4 N–H and O–H groups in total. The van der Waals surface area contributed by atoms with Crippen molar-refractivity contribution >= 4 is 44.9 Å². The van der Waals surface area contributed by atoms with Gasteiger partial charge in [-0.05, 0) is 34.1 Å². The van der Waals surface area contributed by atoms with E-state index in [0.29, 0.717) is 26.8 Å². The van der Waals surface area contributed by atoms with Gasteiger partial charge in [0.15, 0.2) is 5.82 Å². The Bertz CT molecular complexity index is 580. The first-order chi connectivity index (χ1) is 8.61. The number of nitrogens with zero attached hydrogens (tertiary/aromatic N) is 2. The SMILES string of the molecule is NNc1ncnc(Nc2cc(F)ccc2Cl)c1Br. The van der Waals surface area contributed by atoms with E-state index in [9.17, 15) is 4.39 Å². The number of nitrogens with one attached hydrogen (secondary N) is 2. The van der Waals surface area contributed by atoms with Gasteiger partial charge in [0.25, 0.3) is 0 Å². The van der Waals surface area contributed by atoms with Gasteiger partial charge in [0, 0.05) is 0 Å². The van der Waals surface area contributed by atoms with E-state index in [4.69, 9.17) is 17.4 Å². The normalized spacial score (nSPS) is 10.2. The second-order valence-corrected chi connectivity index (χ2v) is 4.48. The summed E-state index contributed by atoms with van der Waals surface area (Å²) in [5.41, 5.74) is 2.80. The molecule has 0 radical (unpaired) electrons. The Labute approximate surface area is 116 Å². The van der Waals surface area contributed by atoms with Crippen molar-refractivity contribution in [1.82, 2.24) is 9.97 Å². The van der Waals surface area contributed by atoms with E-state index in [1.807, 2.05) is 0 Å². The minimum atomic E-state index is -0.399. The average molecular weight is 333 g/mol. The molecule has 0 saturated heterocycles. The first kappa shape index (κ1) is 13.0. The Morgan fingerprint density at radius 3 is 2.72 bits per heavy atom. The van der Waals surface area contributed by atoms with E-state index in [-0.39, 0.29) is 0 Å². The fraction of sp³-hybridized carbons (Fsp3) is 0. The molecule has 2 aromatic rings. The quantitative estimate of drug-likeness (QED) is 0.595. The highest BCUT2D eigenvalue weighted by Gasteiger charge is 2.10. The summed E-state index contributed by atoms with van der Waals surface area (Å²) in [7, 11) is 0. The molecule has 18 heavy (non-hydrogen) atoms. The molecule has 1 aromatic carbocycles. The van der Waals surface area contributed by atoms with Crippen molar-refractivity contribution in [2.24, 2.45) is 5.84 Å². The smallest absolute Gasteiger partial charge is 0.159 e. The van der Waals surface area contributed by atoms with Crippen LogP contribution in [0.25, 0.3) is 0 Å². The molecule has 5 nitrogen and oxygen atoms in total. The zero-order chi connectivity index (χ0) is 13.1. The van der Waals surface area contributed by atoms with Crippen molar-refractivity contribution in [2.45, 2.75) is 0 Å². The number of hydrogen-bond donors (Lipinski definition) is 3. The highest BCUT2D eigenvalue weighted by atomic mass is 79.9. The lowest BCUT2D eigenvalue weighted by Crippen LogP contribution is -2.10. The zero-order valence-electron chi connectivity index (χ0n) is 8.92.